The fourth-order valence-electron chi connectivity index (χ4n) is 5.05. The lowest BCUT2D eigenvalue weighted by Crippen LogP contribution is -2.38. The maximum atomic E-state index is 13.3. The Morgan fingerprint density at radius 3 is 2.56 bits per heavy atom. The van der Waals surface area contributed by atoms with E-state index in [1.165, 1.54) is 0 Å². The number of methoxy groups -OCH3 is 1. The molecule has 0 radical (unpaired) electrons. The van der Waals surface area contributed by atoms with Gasteiger partial charge in [0.1, 0.15) is 12.3 Å². The number of aryl methyl sites for hydroxylation is 2. The minimum atomic E-state index is -0.356. The summed E-state index contributed by atoms with van der Waals surface area (Å²) in [6, 6.07) is 12.0. The molecule has 0 bridgehead atoms. The van der Waals surface area contributed by atoms with E-state index in [4.69, 9.17) is 10.5 Å². The minimum Gasteiger partial charge on any atom is -0.496 e. The molecule has 6 nitrogen and oxygen atoms in total. The largest absolute Gasteiger partial charge is 0.496 e. The molecule has 0 aliphatic carbocycles. The van der Waals surface area contributed by atoms with Crippen LogP contribution in [0.3, 0.4) is 0 Å². The van der Waals surface area contributed by atoms with Crippen LogP contribution >= 0.6 is 0 Å². The number of Topliss-reactive ketones (excluding diaryl/α,β-unsaturated/α-hetero) is 1. The number of ether oxygens (including phenoxy) is 1. The molecular formula is C26H31N3O3. The molecule has 1 amide bonds. The molecule has 1 saturated heterocycles. The van der Waals surface area contributed by atoms with E-state index in [0.717, 1.165) is 71.4 Å². The average molecular weight is 434 g/mol. The highest BCUT2D eigenvalue weighted by Crippen LogP contribution is 2.29. The van der Waals surface area contributed by atoms with E-state index < -0.39 is 0 Å². The Hall–Kier alpha value is -3.12. The minimum absolute atomic E-state index is 0.0186. The second kappa shape index (κ2) is 9.17. The van der Waals surface area contributed by atoms with Crippen molar-refractivity contribution in [2.24, 2.45) is 11.7 Å². The zero-order valence-corrected chi connectivity index (χ0v) is 19.1. The summed E-state index contributed by atoms with van der Waals surface area (Å²) in [6.07, 6.45) is 3.92. The molecule has 2 N–H and O–H groups in total. The van der Waals surface area contributed by atoms with Crippen LogP contribution in [0.4, 0.5) is 0 Å². The Labute approximate surface area is 188 Å². The topological polar surface area (TPSA) is 77.6 Å². The van der Waals surface area contributed by atoms with Gasteiger partial charge in [-0.25, -0.2) is 0 Å². The highest BCUT2D eigenvalue weighted by molar-refractivity contribution is 5.98. The number of para-hydroxylation sites is 1. The third kappa shape index (κ3) is 4.41. The van der Waals surface area contributed by atoms with Gasteiger partial charge in [-0.2, -0.15) is 0 Å². The number of hydrogen-bond acceptors (Lipinski definition) is 4. The van der Waals surface area contributed by atoms with Gasteiger partial charge in [-0.3, -0.25) is 14.5 Å². The van der Waals surface area contributed by atoms with Crippen molar-refractivity contribution in [3.63, 3.8) is 0 Å². The molecule has 2 heterocycles. The van der Waals surface area contributed by atoms with Crippen LogP contribution in [0.1, 0.15) is 39.9 Å². The molecule has 168 valence electrons. The summed E-state index contributed by atoms with van der Waals surface area (Å²) >= 11 is 0. The van der Waals surface area contributed by atoms with Crippen molar-refractivity contribution in [3.8, 4) is 5.75 Å². The first-order chi connectivity index (χ1) is 15.4. The Kier molecular flexibility index (Phi) is 6.33. The summed E-state index contributed by atoms with van der Waals surface area (Å²) in [7, 11) is 1.66. The van der Waals surface area contributed by atoms with E-state index in [1.807, 2.05) is 54.9 Å². The summed E-state index contributed by atoms with van der Waals surface area (Å²) in [6.45, 7) is 6.57. The Balaban J connectivity index is 1.53. The van der Waals surface area contributed by atoms with Crippen molar-refractivity contribution in [1.29, 1.82) is 0 Å². The maximum absolute atomic E-state index is 13.3. The number of rotatable bonds is 7. The summed E-state index contributed by atoms with van der Waals surface area (Å²) in [4.78, 5) is 27.2. The van der Waals surface area contributed by atoms with Crippen LogP contribution in [0.15, 0.2) is 42.6 Å². The molecule has 4 rings (SSSR count). The van der Waals surface area contributed by atoms with Crippen LogP contribution < -0.4 is 10.5 Å². The van der Waals surface area contributed by atoms with Gasteiger partial charge >= 0.3 is 0 Å². The van der Waals surface area contributed by atoms with Gasteiger partial charge in [-0.1, -0.05) is 18.2 Å². The number of likely N-dealkylation sites (tertiary alicyclic amines) is 1. The van der Waals surface area contributed by atoms with Crippen LogP contribution in [-0.2, 0) is 17.9 Å². The number of carbonyl (C=O) groups is 2. The SMILES string of the molecule is COc1c(C)cc(C(=O)[C@H]2CCCN(Cc3cn(CC(N)=O)c4ccccc34)C2)cc1C. The van der Waals surface area contributed by atoms with Crippen molar-refractivity contribution in [1.82, 2.24) is 9.47 Å². The monoisotopic (exact) mass is 433 g/mol. The molecule has 1 atom stereocenters. The van der Waals surface area contributed by atoms with Crippen LogP contribution in [0.25, 0.3) is 10.9 Å². The van der Waals surface area contributed by atoms with Crippen molar-refractivity contribution in [3.05, 3.63) is 64.8 Å². The maximum Gasteiger partial charge on any atom is 0.237 e. The van der Waals surface area contributed by atoms with E-state index in [1.54, 1.807) is 7.11 Å². The fourth-order valence-corrected chi connectivity index (χ4v) is 5.05. The number of ketones is 1. The Morgan fingerprint density at radius 2 is 1.88 bits per heavy atom. The second-order valence-electron chi connectivity index (χ2n) is 8.85. The van der Waals surface area contributed by atoms with Gasteiger partial charge in [0.15, 0.2) is 5.78 Å². The van der Waals surface area contributed by atoms with E-state index in [9.17, 15) is 9.59 Å². The Bertz CT molecular complexity index is 1140. The average Bonchev–Trinajstić information content (AvgIpc) is 3.10. The molecule has 3 aromatic rings. The number of carbonyl (C=O) groups excluding carboxylic acids is 2. The molecular weight excluding hydrogens is 402 g/mol. The fraction of sp³-hybridized carbons (Fsp3) is 0.385. The molecule has 1 aliphatic heterocycles. The van der Waals surface area contributed by atoms with Crippen LogP contribution in [0.2, 0.25) is 0 Å². The zero-order chi connectivity index (χ0) is 22.8. The van der Waals surface area contributed by atoms with Crippen molar-refractivity contribution >= 4 is 22.6 Å². The normalized spacial score (nSPS) is 16.9. The number of hydrogen-bond donors (Lipinski definition) is 1. The molecule has 1 aromatic heterocycles. The molecule has 2 aromatic carbocycles. The molecule has 0 spiro atoms. The standard InChI is InChI=1S/C26H31N3O3/c1-17-11-20(12-18(2)26(17)32-3)25(31)19-7-6-10-28(13-19)14-21-15-29(16-24(27)30)23-9-5-4-8-22(21)23/h4-5,8-9,11-12,15,19H,6-7,10,13-14,16H2,1-3H3,(H2,27,30)/t19-/m0/s1. The molecule has 32 heavy (non-hydrogen) atoms. The van der Waals surface area contributed by atoms with E-state index >= 15 is 0 Å². The quantitative estimate of drug-likeness (QED) is 0.574. The highest BCUT2D eigenvalue weighted by atomic mass is 16.5. The predicted molar refractivity (Wildman–Crippen MR) is 126 cm³/mol. The molecule has 1 aliphatic rings. The lowest BCUT2D eigenvalue weighted by molar-refractivity contribution is -0.118. The van der Waals surface area contributed by atoms with Gasteiger partial charge in [0.25, 0.3) is 0 Å². The van der Waals surface area contributed by atoms with E-state index in [-0.39, 0.29) is 24.2 Å². The number of amides is 1. The highest BCUT2D eigenvalue weighted by Gasteiger charge is 2.28. The number of nitrogens with two attached hydrogens (primary N) is 1. The summed E-state index contributed by atoms with van der Waals surface area (Å²) in [5.74, 6) is 0.680. The first kappa shape index (κ1) is 22.1. The zero-order valence-electron chi connectivity index (χ0n) is 19.1. The van der Waals surface area contributed by atoms with Crippen LogP contribution in [0.5, 0.6) is 5.75 Å². The number of piperidine rings is 1. The van der Waals surface area contributed by atoms with Gasteiger partial charge in [0.2, 0.25) is 5.91 Å². The van der Waals surface area contributed by atoms with Crippen molar-refractivity contribution in [2.75, 3.05) is 20.2 Å². The van der Waals surface area contributed by atoms with Gasteiger partial charge < -0.3 is 15.0 Å². The lowest BCUT2D eigenvalue weighted by atomic mass is 9.88. The third-order valence-corrected chi connectivity index (χ3v) is 6.42. The van der Waals surface area contributed by atoms with Crippen molar-refractivity contribution < 1.29 is 14.3 Å². The number of aromatic nitrogens is 1. The van der Waals surface area contributed by atoms with Gasteiger partial charge in [-0.05, 0) is 68.1 Å². The molecule has 1 fully saturated rings. The second-order valence-corrected chi connectivity index (χ2v) is 8.85. The summed E-state index contributed by atoms with van der Waals surface area (Å²) in [5.41, 5.74) is 10.4. The number of benzene rings is 2. The van der Waals surface area contributed by atoms with Crippen molar-refractivity contribution in [2.45, 2.75) is 39.8 Å². The smallest absolute Gasteiger partial charge is 0.237 e. The summed E-state index contributed by atoms with van der Waals surface area (Å²) < 4.78 is 7.37. The van der Waals surface area contributed by atoms with Gasteiger partial charge in [-0.15, -0.1) is 0 Å². The number of primary amides is 1. The van der Waals surface area contributed by atoms with Crippen LogP contribution in [0, 0.1) is 19.8 Å². The Morgan fingerprint density at radius 1 is 1.16 bits per heavy atom. The van der Waals surface area contributed by atoms with Gasteiger partial charge in [0, 0.05) is 41.7 Å². The molecule has 6 heteroatoms. The molecule has 0 unspecified atom stereocenters. The molecule has 0 saturated carbocycles. The van der Waals surface area contributed by atoms with E-state index in [2.05, 4.69) is 11.0 Å². The van der Waals surface area contributed by atoms with Gasteiger partial charge in [0.05, 0.1) is 7.11 Å². The number of nitrogens with zero attached hydrogens (tertiary/aromatic N) is 2. The first-order valence-electron chi connectivity index (χ1n) is 11.1. The predicted octanol–water partition coefficient (Wildman–Crippen LogP) is 3.85. The lowest BCUT2D eigenvalue weighted by Gasteiger charge is -2.32. The third-order valence-electron chi connectivity index (χ3n) is 6.42. The van der Waals surface area contributed by atoms with E-state index in [0.29, 0.717) is 0 Å². The summed E-state index contributed by atoms with van der Waals surface area (Å²) in [5, 5.41) is 1.13. The first-order valence-corrected chi connectivity index (χ1v) is 11.1. The number of fused-ring (bicyclic) bond motifs is 1. The van der Waals surface area contributed by atoms with Crippen LogP contribution in [-0.4, -0.2) is 41.4 Å².